The summed E-state index contributed by atoms with van der Waals surface area (Å²) >= 11 is 0. The van der Waals surface area contributed by atoms with Gasteiger partial charge in [0.05, 0.1) is 18.9 Å². The second-order valence-corrected chi connectivity index (χ2v) is 7.04. The lowest BCUT2D eigenvalue weighted by molar-refractivity contribution is 0.0963. The maximum absolute atomic E-state index is 11.8. The largest absolute Gasteiger partial charge is 0.469 e. The summed E-state index contributed by atoms with van der Waals surface area (Å²) in [6, 6.07) is 11.6. The molecule has 1 aliphatic heterocycles. The van der Waals surface area contributed by atoms with E-state index in [2.05, 4.69) is 20.9 Å². The average molecular weight is 399 g/mol. The summed E-state index contributed by atoms with van der Waals surface area (Å²) < 4.78 is 11.1. The smallest absolute Gasteiger partial charge is 0.251 e. The van der Waals surface area contributed by atoms with Gasteiger partial charge in [0.25, 0.3) is 5.91 Å². The van der Waals surface area contributed by atoms with E-state index in [-0.39, 0.29) is 12.0 Å². The van der Waals surface area contributed by atoms with E-state index in [1.165, 1.54) is 0 Å². The first-order valence-electron chi connectivity index (χ1n) is 10.2. The Balaban J connectivity index is 1.51. The Kier molecular flexibility index (Phi) is 8.12. The van der Waals surface area contributed by atoms with Gasteiger partial charge in [-0.2, -0.15) is 0 Å². The van der Waals surface area contributed by atoms with Crippen molar-refractivity contribution in [1.82, 2.24) is 16.0 Å². The molecule has 1 fully saturated rings. The van der Waals surface area contributed by atoms with E-state index in [1.54, 1.807) is 13.3 Å². The van der Waals surface area contributed by atoms with Crippen LogP contribution in [-0.2, 0) is 17.6 Å². The number of carbonyl (C=O) groups is 1. The van der Waals surface area contributed by atoms with Gasteiger partial charge in [-0.25, -0.2) is 0 Å². The standard InChI is InChI=1S/C22H30N4O3/c1-23-21(27)18-6-2-5-17(15-18)9-11-24-22(26-16-20-8-4-14-29-20)25-12-10-19-7-3-13-28-19/h2-3,5-7,13,15,20H,4,8-12,14,16H2,1H3,(H,23,27)(H2,24,25,26). The molecule has 7 nitrogen and oxygen atoms in total. The van der Waals surface area contributed by atoms with Crippen LogP contribution in [0, 0.1) is 0 Å². The number of nitrogens with one attached hydrogen (secondary N) is 3. The van der Waals surface area contributed by atoms with Crippen LogP contribution in [0.4, 0.5) is 0 Å². The van der Waals surface area contributed by atoms with Gasteiger partial charge in [0.1, 0.15) is 5.76 Å². The van der Waals surface area contributed by atoms with Crippen molar-refractivity contribution < 1.29 is 13.9 Å². The van der Waals surface area contributed by atoms with E-state index in [9.17, 15) is 4.79 Å². The lowest BCUT2D eigenvalue weighted by atomic mass is 10.1. The van der Waals surface area contributed by atoms with Crippen LogP contribution in [0.1, 0.15) is 34.5 Å². The van der Waals surface area contributed by atoms with E-state index < -0.39 is 0 Å². The molecule has 3 N–H and O–H groups in total. The molecule has 0 spiro atoms. The van der Waals surface area contributed by atoms with Crippen LogP contribution < -0.4 is 16.0 Å². The van der Waals surface area contributed by atoms with Crippen molar-refractivity contribution in [2.45, 2.75) is 31.8 Å². The Hall–Kier alpha value is -2.80. The molecule has 1 aliphatic rings. The summed E-state index contributed by atoms with van der Waals surface area (Å²) in [6.07, 6.45) is 5.66. The average Bonchev–Trinajstić information content (AvgIpc) is 3.45. The Labute approximate surface area is 171 Å². The van der Waals surface area contributed by atoms with Crippen molar-refractivity contribution >= 4 is 11.9 Å². The number of hydrogen-bond acceptors (Lipinski definition) is 4. The van der Waals surface area contributed by atoms with Gasteiger partial charge in [0, 0.05) is 38.7 Å². The van der Waals surface area contributed by atoms with E-state index in [0.717, 1.165) is 62.7 Å². The van der Waals surface area contributed by atoms with E-state index >= 15 is 0 Å². The summed E-state index contributed by atoms with van der Waals surface area (Å²) in [6.45, 7) is 2.94. The van der Waals surface area contributed by atoms with Gasteiger partial charge in [0.15, 0.2) is 5.96 Å². The number of guanidine groups is 1. The number of aliphatic imine (C=N–C) groups is 1. The predicted molar refractivity (Wildman–Crippen MR) is 113 cm³/mol. The van der Waals surface area contributed by atoms with Crippen molar-refractivity contribution in [3.8, 4) is 0 Å². The summed E-state index contributed by atoms with van der Waals surface area (Å²) in [5.74, 6) is 1.65. The molecule has 0 radical (unpaired) electrons. The Bertz CT molecular complexity index is 783. The molecular weight excluding hydrogens is 368 g/mol. The fourth-order valence-electron chi connectivity index (χ4n) is 3.25. The first-order chi connectivity index (χ1) is 14.2. The van der Waals surface area contributed by atoms with Crippen LogP contribution in [0.5, 0.6) is 0 Å². The molecule has 1 unspecified atom stereocenters. The third-order valence-corrected chi connectivity index (χ3v) is 4.84. The number of nitrogens with zero attached hydrogens (tertiary/aromatic N) is 1. The van der Waals surface area contributed by atoms with E-state index in [0.29, 0.717) is 12.1 Å². The highest BCUT2D eigenvalue weighted by Crippen LogP contribution is 2.11. The van der Waals surface area contributed by atoms with Gasteiger partial charge in [-0.1, -0.05) is 12.1 Å². The zero-order chi connectivity index (χ0) is 20.3. The molecule has 2 aromatic rings. The molecule has 156 valence electrons. The molecule has 7 heteroatoms. The topological polar surface area (TPSA) is 87.9 Å². The van der Waals surface area contributed by atoms with Crippen LogP contribution in [0.25, 0.3) is 0 Å². The number of amides is 1. The predicted octanol–water partition coefficient (Wildman–Crippen LogP) is 2.14. The summed E-state index contributed by atoms with van der Waals surface area (Å²) in [5.41, 5.74) is 1.78. The maximum Gasteiger partial charge on any atom is 0.251 e. The van der Waals surface area contributed by atoms with Gasteiger partial charge >= 0.3 is 0 Å². The van der Waals surface area contributed by atoms with Crippen molar-refractivity contribution in [3.05, 3.63) is 59.5 Å². The minimum atomic E-state index is -0.0711. The number of benzene rings is 1. The fourth-order valence-corrected chi connectivity index (χ4v) is 3.25. The molecule has 0 bridgehead atoms. The second kappa shape index (κ2) is 11.3. The Morgan fingerprint density at radius 1 is 1.17 bits per heavy atom. The first kappa shape index (κ1) is 20.9. The Morgan fingerprint density at radius 2 is 2.03 bits per heavy atom. The van der Waals surface area contributed by atoms with Crippen molar-refractivity contribution in [1.29, 1.82) is 0 Å². The van der Waals surface area contributed by atoms with E-state index in [4.69, 9.17) is 9.15 Å². The molecule has 1 amide bonds. The third kappa shape index (κ3) is 6.94. The molecule has 1 aromatic carbocycles. The zero-order valence-corrected chi connectivity index (χ0v) is 16.9. The van der Waals surface area contributed by atoms with Crippen LogP contribution in [-0.4, -0.2) is 51.3 Å². The third-order valence-electron chi connectivity index (χ3n) is 4.84. The van der Waals surface area contributed by atoms with Gasteiger partial charge in [-0.05, 0) is 49.1 Å². The number of rotatable bonds is 9. The highest BCUT2D eigenvalue weighted by molar-refractivity contribution is 5.94. The highest BCUT2D eigenvalue weighted by atomic mass is 16.5. The van der Waals surface area contributed by atoms with Crippen molar-refractivity contribution in [2.75, 3.05) is 33.3 Å². The van der Waals surface area contributed by atoms with Crippen LogP contribution in [0.3, 0.4) is 0 Å². The SMILES string of the molecule is CNC(=O)c1cccc(CCNC(=NCC2CCCO2)NCCc2ccco2)c1. The molecule has 1 atom stereocenters. The lowest BCUT2D eigenvalue weighted by Crippen LogP contribution is -2.40. The number of carbonyl (C=O) groups excluding carboxylic acids is 1. The lowest BCUT2D eigenvalue weighted by Gasteiger charge is -2.14. The number of ether oxygens (including phenoxy) is 1. The molecule has 29 heavy (non-hydrogen) atoms. The molecule has 2 heterocycles. The van der Waals surface area contributed by atoms with Crippen LogP contribution >= 0.6 is 0 Å². The van der Waals surface area contributed by atoms with Crippen LogP contribution in [0.2, 0.25) is 0 Å². The Morgan fingerprint density at radius 3 is 2.76 bits per heavy atom. The number of furan rings is 1. The monoisotopic (exact) mass is 398 g/mol. The highest BCUT2D eigenvalue weighted by Gasteiger charge is 2.15. The minimum absolute atomic E-state index is 0.0711. The molecular formula is C22H30N4O3. The van der Waals surface area contributed by atoms with Crippen LogP contribution in [0.15, 0.2) is 52.1 Å². The molecule has 0 saturated carbocycles. The number of hydrogen-bond donors (Lipinski definition) is 3. The molecule has 3 rings (SSSR count). The quantitative estimate of drug-likeness (QED) is 0.445. The normalized spacial score (nSPS) is 16.6. The minimum Gasteiger partial charge on any atom is -0.469 e. The van der Waals surface area contributed by atoms with Gasteiger partial charge < -0.3 is 25.1 Å². The summed E-state index contributed by atoms with van der Waals surface area (Å²) in [5, 5.41) is 9.41. The van der Waals surface area contributed by atoms with Crippen molar-refractivity contribution in [3.63, 3.8) is 0 Å². The van der Waals surface area contributed by atoms with E-state index in [1.807, 2.05) is 36.4 Å². The second-order valence-electron chi connectivity index (χ2n) is 7.04. The molecule has 0 aliphatic carbocycles. The van der Waals surface area contributed by atoms with Gasteiger partial charge in [-0.3, -0.25) is 9.79 Å². The van der Waals surface area contributed by atoms with Crippen molar-refractivity contribution in [2.24, 2.45) is 4.99 Å². The summed E-state index contributed by atoms with van der Waals surface area (Å²) in [7, 11) is 1.64. The first-order valence-corrected chi connectivity index (χ1v) is 10.2. The fraction of sp³-hybridized carbons (Fsp3) is 0.455. The van der Waals surface area contributed by atoms with Gasteiger partial charge in [-0.15, -0.1) is 0 Å². The maximum atomic E-state index is 11.8. The van der Waals surface area contributed by atoms with Gasteiger partial charge in [0.2, 0.25) is 0 Å². The molecule has 1 aromatic heterocycles. The zero-order valence-electron chi connectivity index (χ0n) is 16.9. The summed E-state index contributed by atoms with van der Waals surface area (Å²) in [4.78, 5) is 16.5. The molecule has 1 saturated heterocycles.